The van der Waals surface area contributed by atoms with Crippen molar-refractivity contribution in [1.29, 1.82) is 5.41 Å². The lowest BCUT2D eigenvalue weighted by atomic mass is 10.1. The van der Waals surface area contributed by atoms with Crippen LogP contribution in [0.1, 0.15) is 12.5 Å². The molecule has 0 saturated heterocycles. The summed E-state index contributed by atoms with van der Waals surface area (Å²) in [7, 11) is 0. The van der Waals surface area contributed by atoms with Gasteiger partial charge in [0.15, 0.2) is 0 Å². The van der Waals surface area contributed by atoms with E-state index in [1.807, 2.05) is 0 Å². The Labute approximate surface area is 64.4 Å². The van der Waals surface area contributed by atoms with Crippen LogP contribution in [0.15, 0.2) is 18.2 Å². The highest BCUT2D eigenvalue weighted by molar-refractivity contribution is 5.98. The van der Waals surface area contributed by atoms with Gasteiger partial charge in [-0.25, -0.2) is 0 Å². The summed E-state index contributed by atoms with van der Waals surface area (Å²) in [4.78, 5) is 0. The lowest BCUT2D eigenvalue weighted by molar-refractivity contribution is 0.450. The molecule has 0 fully saturated rings. The Hall–Kier alpha value is -1.51. The summed E-state index contributed by atoms with van der Waals surface area (Å²) in [5, 5.41) is 25.3. The molecule has 0 bridgehead atoms. The summed E-state index contributed by atoms with van der Waals surface area (Å²) in [6, 6.07) is 4.16. The molecular weight excluding hydrogens is 142 g/mol. The second kappa shape index (κ2) is 2.62. The normalized spacial score (nSPS) is 9.55. The van der Waals surface area contributed by atoms with Gasteiger partial charge in [0.2, 0.25) is 0 Å². The van der Waals surface area contributed by atoms with E-state index in [1.165, 1.54) is 18.2 Å². The molecule has 0 aliphatic heterocycles. The van der Waals surface area contributed by atoms with Crippen LogP contribution in [0.3, 0.4) is 0 Å². The molecule has 0 saturated carbocycles. The van der Waals surface area contributed by atoms with Crippen molar-refractivity contribution in [2.45, 2.75) is 6.92 Å². The van der Waals surface area contributed by atoms with Crippen LogP contribution in [0.25, 0.3) is 0 Å². The number of phenols is 2. The van der Waals surface area contributed by atoms with E-state index in [9.17, 15) is 0 Å². The predicted molar refractivity (Wildman–Crippen MR) is 42.3 cm³/mol. The SMILES string of the molecule is CC(=N)c1ccc(O)cc1O. The fraction of sp³-hybridized carbons (Fsp3) is 0.125. The smallest absolute Gasteiger partial charge is 0.128 e. The maximum Gasteiger partial charge on any atom is 0.128 e. The van der Waals surface area contributed by atoms with Crippen LogP contribution >= 0.6 is 0 Å². The minimum atomic E-state index is -0.0579. The molecule has 1 aromatic rings. The Balaban J connectivity index is 3.20. The van der Waals surface area contributed by atoms with Gasteiger partial charge >= 0.3 is 0 Å². The molecule has 3 N–H and O–H groups in total. The van der Waals surface area contributed by atoms with Crippen molar-refractivity contribution in [3.63, 3.8) is 0 Å². The molecule has 3 heteroatoms. The lowest BCUT2D eigenvalue weighted by Crippen LogP contribution is -1.91. The Bertz CT molecular complexity index is 294. The van der Waals surface area contributed by atoms with Crippen molar-refractivity contribution in [2.75, 3.05) is 0 Å². The molecule has 0 aliphatic rings. The maximum absolute atomic E-state index is 9.16. The van der Waals surface area contributed by atoms with Crippen LogP contribution in [0, 0.1) is 5.41 Å². The van der Waals surface area contributed by atoms with Gasteiger partial charge in [-0.3, -0.25) is 0 Å². The standard InChI is InChI=1S/C8H9NO2/c1-5(9)7-3-2-6(10)4-8(7)11/h2-4,9-11H,1H3. The first-order valence-electron chi connectivity index (χ1n) is 3.19. The van der Waals surface area contributed by atoms with Gasteiger partial charge in [-0.05, 0) is 19.1 Å². The van der Waals surface area contributed by atoms with E-state index >= 15 is 0 Å². The van der Waals surface area contributed by atoms with Crippen molar-refractivity contribution in [3.05, 3.63) is 23.8 Å². The van der Waals surface area contributed by atoms with Crippen molar-refractivity contribution in [1.82, 2.24) is 0 Å². The minimum Gasteiger partial charge on any atom is -0.508 e. The van der Waals surface area contributed by atoms with Crippen LogP contribution in [0.4, 0.5) is 0 Å². The number of hydrogen-bond donors (Lipinski definition) is 3. The monoisotopic (exact) mass is 151 g/mol. The second-order valence-corrected chi connectivity index (χ2v) is 2.33. The third kappa shape index (κ3) is 1.49. The highest BCUT2D eigenvalue weighted by Gasteiger charge is 2.02. The minimum absolute atomic E-state index is 0.00694. The Morgan fingerprint density at radius 3 is 2.45 bits per heavy atom. The molecule has 1 aromatic carbocycles. The summed E-state index contributed by atoms with van der Waals surface area (Å²) < 4.78 is 0. The summed E-state index contributed by atoms with van der Waals surface area (Å²) in [5.74, 6) is -0.0509. The van der Waals surface area contributed by atoms with E-state index < -0.39 is 0 Å². The lowest BCUT2D eigenvalue weighted by Gasteiger charge is -2.01. The Morgan fingerprint density at radius 2 is 2.00 bits per heavy atom. The summed E-state index contributed by atoms with van der Waals surface area (Å²) in [6.45, 7) is 1.58. The van der Waals surface area contributed by atoms with E-state index in [0.29, 0.717) is 5.56 Å². The largest absolute Gasteiger partial charge is 0.508 e. The van der Waals surface area contributed by atoms with Gasteiger partial charge in [0.25, 0.3) is 0 Å². The van der Waals surface area contributed by atoms with E-state index in [2.05, 4.69) is 0 Å². The van der Waals surface area contributed by atoms with E-state index in [4.69, 9.17) is 15.6 Å². The molecule has 3 nitrogen and oxygen atoms in total. The van der Waals surface area contributed by atoms with Crippen LogP contribution in [0.5, 0.6) is 11.5 Å². The molecule has 0 aliphatic carbocycles. The fourth-order valence-corrected chi connectivity index (χ4v) is 0.837. The number of nitrogens with one attached hydrogen (secondary N) is 1. The van der Waals surface area contributed by atoms with Gasteiger partial charge in [-0.2, -0.15) is 0 Å². The number of phenolic OH excluding ortho intramolecular Hbond substituents is 2. The highest BCUT2D eigenvalue weighted by atomic mass is 16.3. The van der Waals surface area contributed by atoms with Crippen LogP contribution in [-0.4, -0.2) is 15.9 Å². The maximum atomic E-state index is 9.16. The van der Waals surface area contributed by atoms with Crippen LogP contribution < -0.4 is 0 Å². The number of benzene rings is 1. The van der Waals surface area contributed by atoms with Gasteiger partial charge in [0.1, 0.15) is 11.5 Å². The third-order valence-electron chi connectivity index (χ3n) is 1.39. The van der Waals surface area contributed by atoms with Crippen molar-refractivity contribution in [2.24, 2.45) is 0 Å². The van der Waals surface area contributed by atoms with E-state index in [-0.39, 0.29) is 17.2 Å². The molecular formula is C8H9NO2. The molecule has 58 valence electrons. The quantitative estimate of drug-likeness (QED) is 0.532. The first kappa shape index (κ1) is 7.60. The van der Waals surface area contributed by atoms with Crippen LogP contribution in [0.2, 0.25) is 0 Å². The zero-order chi connectivity index (χ0) is 8.43. The summed E-state index contributed by atoms with van der Waals surface area (Å²) in [6.07, 6.45) is 0. The van der Waals surface area contributed by atoms with Crippen LogP contribution in [-0.2, 0) is 0 Å². The molecule has 0 heterocycles. The van der Waals surface area contributed by atoms with Gasteiger partial charge in [0, 0.05) is 17.3 Å². The predicted octanol–water partition coefficient (Wildman–Crippen LogP) is 1.49. The molecule has 11 heavy (non-hydrogen) atoms. The highest BCUT2D eigenvalue weighted by Crippen LogP contribution is 2.22. The molecule has 0 radical (unpaired) electrons. The Morgan fingerprint density at radius 1 is 1.36 bits per heavy atom. The van der Waals surface area contributed by atoms with Crippen molar-refractivity contribution < 1.29 is 10.2 Å². The molecule has 0 amide bonds. The summed E-state index contributed by atoms with van der Waals surface area (Å²) in [5.41, 5.74) is 0.727. The van der Waals surface area contributed by atoms with Gasteiger partial charge in [0.05, 0.1) is 0 Å². The van der Waals surface area contributed by atoms with Gasteiger partial charge in [-0.15, -0.1) is 0 Å². The first-order valence-corrected chi connectivity index (χ1v) is 3.19. The number of rotatable bonds is 1. The van der Waals surface area contributed by atoms with Crippen molar-refractivity contribution in [3.8, 4) is 11.5 Å². The van der Waals surface area contributed by atoms with E-state index in [0.717, 1.165) is 0 Å². The Kier molecular flexibility index (Phi) is 1.81. The fourth-order valence-electron chi connectivity index (χ4n) is 0.837. The zero-order valence-electron chi connectivity index (χ0n) is 6.13. The van der Waals surface area contributed by atoms with Gasteiger partial charge in [-0.1, -0.05) is 0 Å². The molecule has 0 aromatic heterocycles. The molecule has 0 unspecified atom stereocenters. The molecule has 1 rings (SSSR count). The molecule has 0 atom stereocenters. The summed E-state index contributed by atoms with van der Waals surface area (Å²) >= 11 is 0. The van der Waals surface area contributed by atoms with E-state index in [1.54, 1.807) is 6.92 Å². The number of hydrogen-bond acceptors (Lipinski definition) is 3. The topological polar surface area (TPSA) is 64.3 Å². The zero-order valence-corrected chi connectivity index (χ0v) is 6.13. The average Bonchev–Trinajstić information content (AvgIpc) is 1.85. The average molecular weight is 151 g/mol. The first-order chi connectivity index (χ1) is 5.11. The second-order valence-electron chi connectivity index (χ2n) is 2.33. The number of aromatic hydroxyl groups is 2. The van der Waals surface area contributed by atoms with Crippen molar-refractivity contribution >= 4 is 5.71 Å². The third-order valence-corrected chi connectivity index (χ3v) is 1.39. The molecule has 0 spiro atoms. The van der Waals surface area contributed by atoms with Gasteiger partial charge < -0.3 is 15.6 Å².